The van der Waals surface area contributed by atoms with Crippen LogP contribution >= 0.6 is 11.8 Å². The monoisotopic (exact) mass is 410 g/mol. The van der Waals surface area contributed by atoms with Crippen LogP contribution in [0.1, 0.15) is 22.5 Å². The second kappa shape index (κ2) is 10.4. The normalized spacial score (nSPS) is 10.5. The highest BCUT2D eigenvalue weighted by atomic mass is 32.2. The Morgan fingerprint density at radius 2 is 1.93 bits per heavy atom. The van der Waals surface area contributed by atoms with Crippen LogP contribution in [0.3, 0.4) is 0 Å². The van der Waals surface area contributed by atoms with Crippen molar-refractivity contribution in [2.24, 2.45) is 0 Å². The van der Waals surface area contributed by atoms with E-state index >= 15 is 0 Å². The first kappa shape index (κ1) is 20.6. The highest BCUT2D eigenvalue weighted by molar-refractivity contribution is 7.99. The predicted octanol–water partition coefficient (Wildman–Crippen LogP) is 3.03. The van der Waals surface area contributed by atoms with Crippen molar-refractivity contribution >= 4 is 23.6 Å². The summed E-state index contributed by atoms with van der Waals surface area (Å²) in [6, 6.07) is 15.5. The number of carbonyl (C=O) groups is 2. The van der Waals surface area contributed by atoms with Crippen molar-refractivity contribution in [2.45, 2.75) is 18.2 Å². The van der Waals surface area contributed by atoms with Gasteiger partial charge in [-0.2, -0.15) is 5.10 Å². The van der Waals surface area contributed by atoms with Gasteiger partial charge < -0.3 is 10.1 Å². The molecule has 3 aromatic rings. The molecule has 0 atom stereocenters. The summed E-state index contributed by atoms with van der Waals surface area (Å²) in [4.78, 5) is 29.6. The quantitative estimate of drug-likeness (QED) is 0.332. The van der Waals surface area contributed by atoms with E-state index in [0.29, 0.717) is 23.6 Å². The Morgan fingerprint density at radius 1 is 1.14 bits per heavy atom. The maximum atomic E-state index is 12.3. The number of aromatic nitrogens is 3. The molecule has 7 nitrogen and oxygen atoms in total. The van der Waals surface area contributed by atoms with Crippen molar-refractivity contribution in [3.8, 4) is 5.82 Å². The van der Waals surface area contributed by atoms with E-state index in [1.54, 1.807) is 41.7 Å². The second-order valence-corrected chi connectivity index (χ2v) is 7.35. The molecule has 1 amide bonds. The van der Waals surface area contributed by atoms with Crippen molar-refractivity contribution in [3.63, 3.8) is 0 Å². The molecule has 8 heteroatoms. The van der Waals surface area contributed by atoms with Crippen LogP contribution in [0.5, 0.6) is 0 Å². The number of pyridine rings is 1. The molecule has 150 valence electrons. The van der Waals surface area contributed by atoms with Crippen LogP contribution in [0.2, 0.25) is 0 Å². The van der Waals surface area contributed by atoms with Crippen LogP contribution < -0.4 is 5.32 Å². The number of thioether (sulfide) groups is 1. The Hall–Kier alpha value is -3.13. The fourth-order valence-electron chi connectivity index (χ4n) is 2.59. The molecule has 3 rings (SSSR count). The van der Waals surface area contributed by atoms with Crippen LogP contribution in [-0.2, 0) is 9.53 Å². The zero-order valence-electron chi connectivity index (χ0n) is 16.1. The number of hydrogen-bond donors (Lipinski definition) is 1. The lowest BCUT2D eigenvalue weighted by Gasteiger charge is -2.07. The van der Waals surface area contributed by atoms with E-state index in [4.69, 9.17) is 4.74 Å². The average Bonchev–Trinajstić information content (AvgIpc) is 3.14. The molecule has 1 N–H and O–H groups in total. The standard InChI is InChI=1S/C21H22N4O3S/c1-16-18(14-24-25(16)19-10-5-6-11-22-19)21(27)28-15-20(26)23-12-7-13-29-17-8-3-2-4-9-17/h2-6,8-11,14H,7,12-13,15H2,1H3,(H,23,26). The molecular weight excluding hydrogens is 388 g/mol. The van der Waals surface area contributed by atoms with E-state index in [1.165, 1.54) is 11.1 Å². The van der Waals surface area contributed by atoms with Crippen molar-refractivity contribution in [1.82, 2.24) is 20.1 Å². The van der Waals surface area contributed by atoms with Crippen LogP contribution in [0.25, 0.3) is 5.82 Å². The number of hydrogen-bond acceptors (Lipinski definition) is 6. The summed E-state index contributed by atoms with van der Waals surface area (Å²) in [7, 11) is 0. The fourth-order valence-corrected chi connectivity index (χ4v) is 3.46. The van der Waals surface area contributed by atoms with E-state index in [9.17, 15) is 9.59 Å². The van der Waals surface area contributed by atoms with Crippen molar-refractivity contribution in [3.05, 3.63) is 72.2 Å². The molecule has 1 aromatic carbocycles. The SMILES string of the molecule is Cc1c(C(=O)OCC(=O)NCCCSc2ccccc2)cnn1-c1ccccn1. The molecule has 0 aliphatic rings. The van der Waals surface area contributed by atoms with Gasteiger partial charge in [0.25, 0.3) is 5.91 Å². The average molecular weight is 410 g/mol. The van der Waals surface area contributed by atoms with Crippen LogP contribution in [0, 0.1) is 6.92 Å². The summed E-state index contributed by atoms with van der Waals surface area (Å²) in [5.74, 6) is 0.600. The molecule has 2 aromatic heterocycles. The summed E-state index contributed by atoms with van der Waals surface area (Å²) in [5.41, 5.74) is 0.912. The Kier molecular flexibility index (Phi) is 7.40. The summed E-state index contributed by atoms with van der Waals surface area (Å²) in [6.07, 6.45) is 3.90. The van der Waals surface area contributed by atoms with Gasteiger partial charge in [-0.15, -0.1) is 11.8 Å². The number of nitrogens with one attached hydrogen (secondary N) is 1. The number of benzene rings is 1. The van der Waals surface area contributed by atoms with Gasteiger partial charge in [-0.05, 0) is 43.4 Å². The lowest BCUT2D eigenvalue weighted by molar-refractivity contribution is -0.124. The van der Waals surface area contributed by atoms with Gasteiger partial charge in [0.05, 0.1) is 11.9 Å². The number of amides is 1. The molecule has 0 spiro atoms. The maximum Gasteiger partial charge on any atom is 0.342 e. The Labute approximate surface area is 173 Å². The molecule has 2 heterocycles. The predicted molar refractivity (Wildman–Crippen MR) is 111 cm³/mol. The van der Waals surface area contributed by atoms with Crippen molar-refractivity contribution in [2.75, 3.05) is 18.9 Å². The molecule has 0 saturated heterocycles. The van der Waals surface area contributed by atoms with Gasteiger partial charge in [-0.3, -0.25) is 4.79 Å². The maximum absolute atomic E-state index is 12.3. The molecule has 29 heavy (non-hydrogen) atoms. The number of carbonyl (C=O) groups excluding carboxylic acids is 2. The third-order valence-corrected chi connectivity index (χ3v) is 5.18. The number of nitrogens with zero attached hydrogens (tertiary/aromatic N) is 3. The van der Waals surface area contributed by atoms with E-state index < -0.39 is 5.97 Å². The van der Waals surface area contributed by atoms with E-state index in [1.807, 2.05) is 24.3 Å². The summed E-state index contributed by atoms with van der Waals surface area (Å²) >= 11 is 1.74. The van der Waals surface area contributed by atoms with Crippen molar-refractivity contribution < 1.29 is 14.3 Å². The van der Waals surface area contributed by atoms with E-state index in [2.05, 4.69) is 27.5 Å². The first-order valence-corrected chi connectivity index (χ1v) is 10.2. The minimum atomic E-state index is -0.584. The van der Waals surface area contributed by atoms with Crippen molar-refractivity contribution in [1.29, 1.82) is 0 Å². The van der Waals surface area contributed by atoms with Gasteiger partial charge in [-0.25, -0.2) is 14.5 Å². The summed E-state index contributed by atoms with van der Waals surface area (Å²) in [5, 5.41) is 6.94. The zero-order chi connectivity index (χ0) is 20.5. The summed E-state index contributed by atoms with van der Waals surface area (Å²) < 4.78 is 6.67. The minimum Gasteiger partial charge on any atom is -0.452 e. The van der Waals surface area contributed by atoms with Crippen LogP contribution in [0.15, 0.2) is 65.8 Å². The second-order valence-electron chi connectivity index (χ2n) is 6.18. The van der Waals surface area contributed by atoms with Crippen LogP contribution in [0.4, 0.5) is 0 Å². The van der Waals surface area contributed by atoms with Gasteiger partial charge in [-0.1, -0.05) is 24.3 Å². The Bertz CT molecular complexity index is 945. The number of ether oxygens (including phenoxy) is 1. The molecule has 0 saturated carbocycles. The third kappa shape index (κ3) is 5.92. The Morgan fingerprint density at radius 3 is 2.69 bits per heavy atom. The third-order valence-electron chi connectivity index (χ3n) is 4.09. The molecule has 0 aliphatic carbocycles. The van der Waals surface area contributed by atoms with Gasteiger partial charge >= 0.3 is 5.97 Å². The van der Waals surface area contributed by atoms with Gasteiger partial charge in [0.2, 0.25) is 0 Å². The van der Waals surface area contributed by atoms with Crippen LogP contribution in [-0.4, -0.2) is 45.5 Å². The largest absolute Gasteiger partial charge is 0.452 e. The zero-order valence-corrected chi connectivity index (χ0v) is 16.9. The number of rotatable bonds is 9. The topological polar surface area (TPSA) is 86.1 Å². The molecule has 0 unspecified atom stereocenters. The lowest BCUT2D eigenvalue weighted by atomic mass is 10.2. The van der Waals surface area contributed by atoms with Gasteiger partial charge in [0, 0.05) is 17.6 Å². The molecule has 0 fully saturated rings. The fraction of sp³-hybridized carbons (Fsp3) is 0.238. The Balaban J connectivity index is 1.39. The highest BCUT2D eigenvalue weighted by Gasteiger charge is 2.18. The molecular formula is C21H22N4O3S. The molecule has 0 aliphatic heterocycles. The first-order chi connectivity index (χ1) is 14.1. The summed E-state index contributed by atoms with van der Waals surface area (Å²) in [6.45, 7) is 1.97. The molecule has 0 radical (unpaired) electrons. The number of esters is 1. The smallest absolute Gasteiger partial charge is 0.342 e. The molecule has 0 bridgehead atoms. The lowest BCUT2D eigenvalue weighted by Crippen LogP contribution is -2.29. The van der Waals surface area contributed by atoms with Gasteiger partial charge in [0.15, 0.2) is 12.4 Å². The minimum absolute atomic E-state index is 0.308. The van der Waals surface area contributed by atoms with Gasteiger partial charge in [0.1, 0.15) is 5.56 Å². The highest BCUT2D eigenvalue weighted by Crippen LogP contribution is 2.17. The first-order valence-electron chi connectivity index (χ1n) is 9.23. The van der Waals surface area contributed by atoms with E-state index in [0.717, 1.165) is 12.2 Å². The van der Waals surface area contributed by atoms with E-state index in [-0.39, 0.29) is 12.5 Å².